The lowest BCUT2D eigenvalue weighted by atomic mass is 9.97. The largest absolute Gasteiger partial charge is 0.455 e. The summed E-state index contributed by atoms with van der Waals surface area (Å²) in [6.45, 7) is 0. The minimum absolute atomic E-state index is 0.866. The number of furan rings is 2. The molecule has 11 aromatic rings. The first-order valence-electron chi connectivity index (χ1n) is 18.0. The van der Waals surface area contributed by atoms with Crippen LogP contribution >= 0.6 is 0 Å². The molecule has 9 aromatic carbocycles. The summed E-state index contributed by atoms with van der Waals surface area (Å²) < 4.78 is 13.2. The maximum absolute atomic E-state index is 6.75. The van der Waals surface area contributed by atoms with E-state index in [4.69, 9.17) is 8.83 Å². The summed E-state index contributed by atoms with van der Waals surface area (Å²) in [6, 6.07) is 66.7. The maximum Gasteiger partial charge on any atom is 0.145 e. The van der Waals surface area contributed by atoms with E-state index in [1.807, 2.05) is 18.2 Å². The molecule has 0 fully saturated rings. The molecule has 248 valence electrons. The molecule has 2 aromatic heterocycles. The molecule has 0 amide bonds. The van der Waals surface area contributed by atoms with Crippen LogP contribution in [-0.2, 0) is 0 Å². The third-order valence-corrected chi connectivity index (χ3v) is 10.7. The summed E-state index contributed by atoms with van der Waals surface area (Å²) >= 11 is 0. The summed E-state index contributed by atoms with van der Waals surface area (Å²) in [5.74, 6) is 0. The Morgan fingerprint density at radius 3 is 1.79 bits per heavy atom. The second kappa shape index (κ2) is 11.7. The third-order valence-electron chi connectivity index (χ3n) is 10.7. The molecule has 11 rings (SSSR count). The second-order valence-corrected chi connectivity index (χ2v) is 13.6. The number of benzene rings is 9. The topological polar surface area (TPSA) is 29.5 Å². The molecule has 0 saturated carbocycles. The van der Waals surface area contributed by atoms with Crippen LogP contribution in [0.1, 0.15) is 0 Å². The number of fused-ring (bicyclic) bond motifs is 9. The Bertz CT molecular complexity index is 3170. The van der Waals surface area contributed by atoms with E-state index >= 15 is 0 Å². The van der Waals surface area contributed by atoms with Crippen LogP contribution in [0.5, 0.6) is 0 Å². The smallest absolute Gasteiger partial charge is 0.145 e. The van der Waals surface area contributed by atoms with Gasteiger partial charge in [-0.3, -0.25) is 0 Å². The van der Waals surface area contributed by atoms with Crippen molar-refractivity contribution in [2.24, 2.45) is 0 Å². The number of anilines is 3. The van der Waals surface area contributed by atoms with E-state index in [0.717, 1.165) is 83.2 Å². The Kier molecular flexibility index (Phi) is 6.55. The van der Waals surface area contributed by atoms with Crippen molar-refractivity contribution in [3.05, 3.63) is 188 Å². The zero-order chi connectivity index (χ0) is 34.9. The van der Waals surface area contributed by atoms with E-state index in [2.05, 4.69) is 175 Å². The second-order valence-electron chi connectivity index (χ2n) is 13.6. The molecule has 0 spiro atoms. The normalized spacial score (nSPS) is 11.8. The van der Waals surface area contributed by atoms with Crippen LogP contribution in [0.4, 0.5) is 17.1 Å². The van der Waals surface area contributed by atoms with Crippen molar-refractivity contribution in [3.63, 3.8) is 0 Å². The summed E-state index contributed by atoms with van der Waals surface area (Å²) in [6.07, 6.45) is 0. The standard InChI is InChI=1S/C50H31NO2/c1-2-12-32(13-3-1)38-30-31-45(48-43-17-7-9-23-47(43)53-50(38)48)51(44-21-11-19-39-36-15-5-4-14-33(36)26-29-40(39)44)35-27-24-34(25-28-35)37-18-10-20-42-41-16-6-8-22-46(41)52-49(37)42/h1-31H. The SMILES string of the molecule is c1ccc(-c2ccc(N(c3ccc(-c4cccc5c4oc4ccccc45)cc3)c3cccc4c3ccc3ccccc34)c3c2oc2ccccc23)cc1. The van der Waals surface area contributed by atoms with Crippen LogP contribution in [0.15, 0.2) is 197 Å². The van der Waals surface area contributed by atoms with Crippen LogP contribution in [0.2, 0.25) is 0 Å². The fourth-order valence-electron chi connectivity index (χ4n) is 8.23. The van der Waals surface area contributed by atoms with Gasteiger partial charge in [-0.2, -0.15) is 0 Å². The molecule has 53 heavy (non-hydrogen) atoms. The van der Waals surface area contributed by atoms with Gasteiger partial charge in [0.2, 0.25) is 0 Å². The van der Waals surface area contributed by atoms with E-state index in [9.17, 15) is 0 Å². The molecule has 0 atom stereocenters. The highest BCUT2D eigenvalue weighted by molar-refractivity contribution is 6.19. The lowest BCUT2D eigenvalue weighted by Gasteiger charge is -2.28. The molecule has 0 N–H and O–H groups in total. The van der Waals surface area contributed by atoms with E-state index in [1.54, 1.807) is 0 Å². The summed E-state index contributed by atoms with van der Waals surface area (Å²) in [5, 5.41) is 9.27. The molecule has 0 saturated heterocycles. The highest BCUT2D eigenvalue weighted by Crippen LogP contribution is 2.48. The van der Waals surface area contributed by atoms with Crippen molar-refractivity contribution >= 4 is 82.5 Å². The predicted molar refractivity (Wildman–Crippen MR) is 222 cm³/mol. The van der Waals surface area contributed by atoms with Crippen LogP contribution in [0.3, 0.4) is 0 Å². The first-order valence-corrected chi connectivity index (χ1v) is 18.0. The number of rotatable bonds is 5. The van der Waals surface area contributed by atoms with E-state index in [1.165, 1.54) is 21.5 Å². The molecule has 0 aliphatic carbocycles. The van der Waals surface area contributed by atoms with Gasteiger partial charge in [0.05, 0.1) is 16.8 Å². The van der Waals surface area contributed by atoms with Gasteiger partial charge >= 0.3 is 0 Å². The zero-order valence-electron chi connectivity index (χ0n) is 28.7. The van der Waals surface area contributed by atoms with Crippen LogP contribution in [0.25, 0.3) is 87.7 Å². The Hall–Kier alpha value is -7.10. The molecular formula is C50H31NO2. The van der Waals surface area contributed by atoms with Crippen molar-refractivity contribution in [2.45, 2.75) is 0 Å². The van der Waals surface area contributed by atoms with Gasteiger partial charge < -0.3 is 13.7 Å². The fourth-order valence-corrected chi connectivity index (χ4v) is 8.23. The molecule has 0 unspecified atom stereocenters. The van der Waals surface area contributed by atoms with Crippen LogP contribution in [0, 0.1) is 0 Å². The molecule has 0 aliphatic rings. The van der Waals surface area contributed by atoms with Gasteiger partial charge in [-0.25, -0.2) is 0 Å². The van der Waals surface area contributed by atoms with Gasteiger partial charge in [0.1, 0.15) is 22.3 Å². The van der Waals surface area contributed by atoms with Crippen molar-refractivity contribution in [3.8, 4) is 22.3 Å². The van der Waals surface area contributed by atoms with Gasteiger partial charge in [0, 0.05) is 38.4 Å². The van der Waals surface area contributed by atoms with Gasteiger partial charge in [0.25, 0.3) is 0 Å². The molecule has 0 aliphatic heterocycles. The van der Waals surface area contributed by atoms with Gasteiger partial charge in [-0.05, 0) is 69.8 Å². The number of nitrogens with zero attached hydrogens (tertiary/aromatic N) is 1. The summed E-state index contributed by atoms with van der Waals surface area (Å²) in [5.41, 5.74) is 11.1. The molecule has 2 heterocycles. The van der Waals surface area contributed by atoms with E-state index in [0.29, 0.717) is 0 Å². The minimum Gasteiger partial charge on any atom is -0.455 e. The number of hydrogen-bond donors (Lipinski definition) is 0. The Balaban J connectivity index is 1.17. The zero-order valence-corrected chi connectivity index (χ0v) is 28.7. The van der Waals surface area contributed by atoms with Crippen LogP contribution in [-0.4, -0.2) is 0 Å². The first-order chi connectivity index (χ1) is 26.3. The first kappa shape index (κ1) is 29.6. The Labute approximate surface area is 305 Å². The number of hydrogen-bond acceptors (Lipinski definition) is 3. The molecule has 3 heteroatoms. The predicted octanol–water partition coefficient (Wildman–Crippen LogP) is 14.6. The van der Waals surface area contributed by atoms with Crippen LogP contribution < -0.4 is 4.90 Å². The molecule has 3 nitrogen and oxygen atoms in total. The highest BCUT2D eigenvalue weighted by Gasteiger charge is 2.24. The van der Waals surface area contributed by atoms with Gasteiger partial charge in [0.15, 0.2) is 0 Å². The van der Waals surface area contributed by atoms with Crippen molar-refractivity contribution in [1.29, 1.82) is 0 Å². The lowest BCUT2D eigenvalue weighted by Crippen LogP contribution is -2.11. The van der Waals surface area contributed by atoms with E-state index in [-0.39, 0.29) is 0 Å². The van der Waals surface area contributed by atoms with Crippen molar-refractivity contribution in [2.75, 3.05) is 4.90 Å². The minimum atomic E-state index is 0.866. The Morgan fingerprint density at radius 1 is 0.321 bits per heavy atom. The summed E-state index contributed by atoms with van der Waals surface area (Å²) in [4.78, 5) is 2.40. The van der Waals surface area contributed by atoms with E-state index < -0.39 is 0 Å². The monoisotopic (exact) mass is 677 g/mol. The highest BCUT2D eigenvalue weighted by atomic mass is 16.3. The molecule has 0 radical (unpaired) electrons. The number of para-hydroxylation sites is 3. The third kappa shape index (κ3) is 4.61. The quantitative estimate of drug-likeness (QED) is 0.170. The summed E-state index contributed by atoms with van der Waals surface area (Å²) in [7, 11) is 0. The maximum atomic E-state index is 6.75. The fraction of sp³-hybridized carbons (Fsp3) is 0. The lowest BCUT2D eigenvalue weighted by molar-refractivity contribution is 0.669. The van der Waals surface area contributed by atoms with Crippen molar-refractivity contribution in [1.82, 2.24) is 0 Å². The molecular weight excluding hydrogens is 647 g/mol. The Morgan fingerprint density at radius 2 is 0.943 bits per heavy atom. The van der Waals surface area contributed by atoms with Gasteiger partial charge in [-0.15, -0.1) is 0 Å². The van der Waals surface area contributed by atoms with Crippen molar-refractivity contribution < 1.29 is 8.83 Å². The van der Waals surface area contributed by atoms with Gasteiger partial charge in [-0.1, -0.05) is 146 Å². The average molecular weight is 678 g/mol. The molecule has 0 bridgehead atoms. The average Bonchev–Trinajstić information content (AvgIpc) is 3.81.